The molecule has 0 aliphatic heterocycles. The lowest BCUT2D eigenvalue weighted by Crippen LogP contribution is -2.19. The molecule has 0 amide bonds. The molecule has 0 atom stereocenters. The minimum absolute atomic E-state index is 0.253. The van der Waals surface area contributed by atoms with E-state index in [2.05, 4.69) is 15.1 Å². The Bertz CT molecular complexity index is 1200. The maximum absolute atomic E-state index is 13.1. The fourth-order valence-corrected chi connectivity index (χ4v) is 2.93. The Hall–Kier alpha value is -3.46. The number of fused-ring (bicyclic) bond motifs is 3. The molecule has 0 saturated heterocycles. The first-order chi connectivity index (χ1) is 13.2. The van der Waals surface area contributed by atoms with Gasteiger partial charge in [-0.3, -0.25) is 9.36 Å². The third-order valence-electron chi connectivity index (χ3n) is 4.20. The van der Waals surface area contributed by atoms with Gasteiger partial charge in [-0.25, -0.2) is 4.98 Å². The largest absolute Gasteiger partial charge is 0.497 e. The van der Waals surface area contributed by atoms with Crippen molar-refractivity contribution in [2.24, 2.45) is 0 Å². The molecule has 0 aliphatic rings. The number of nitrogens with zero attached hydrogens (tertiary/aromatic N) is 5. The van der Waals surface area contributed by atoms with Gasteiger partial charge in [-0.1, -0.05) is 0 Å². The number of benzene rings is 1. The average Bonchev–Trinajstić information content (AvgIpc) is 3.11. The van der Waals surface area contributed by atoms with Gasteiger partial charge in [-0.15, -0.1) is 5.10 Å². The Morgan fingerprint density at radius 1 is 1.11 bits per heavy atom. The van der Waals surface area contributed by atoms with Gasteiger partial charge < -0.3 is 14.2 Å². The van der Waals surface area contributed by atoms with Crippen LogP contribution < -0.4 is 15.0 Å². The molecule has 9 nitrogen and oxygen atoms in total. The van der Waals surface area contributed by atoms with Crippen LogP contribution in [0, 0.1) is 0 Å². The number of hydrogen-bond acceptors (Lipinski definition) is 7. The summed E-state index contributed by atoms with van der Waals surface area (Å²) in [6.45, 7) is 0.267. The summed E-state index contributed by atoms with van der Waals surface area (Å²) in [5, 5.41) is 4.77. The van der Waals surface area contributed by atoms with Crippen molar-refractivity contribution in [1.82, 2.24) is 24.1 Å². The van der Waals surface area contributed by atoms with Crippen molar-refractivity contribution in [1.29, 1.82) is 0 Å². The van der Waals surface area contributed by atoms with Crippen LogP contribution in [0.1, 0.15) is 5.82 Å². The molecule has 0 saturated carbocycles. The summed E-state index contributed by atoms with van der Waals surface area (Å²) in [6, 6.07) is 7.05. The third-order valence-corrected chi connectivity index (χ3v) is 4.20. The van der Waals surface area contributed by atoms with Gasteiger partial charge in [-0.05, 0) is 18.2 Å². The summed E-state index contributed by atoms with van der Waals surface area (Å²) in [5.41, 5.74) is 0.928. The van der Waals surface area contributed by atoms with Crippen LogP contribution in [0.25, 0.3) is 22.4 Å². The number of rotatable bonds is 5. The first kappa shape index (κ1) is 17.0. The second kappa shape index (κ2) is 6.69. The van der Waals surface area contributed by atoms with Crippen LogP contribution in [0.15, 0.2) is 41.5 Å². The van der Waals surface area contributed by atoms with Crippen LogP contribution >= 0.6 is 0 Å². The molecule has 4 rings (SSSR count). The normalized spacial score (nSPS) is 11.2. The van der Waals surface area contributed by atoms with Crippen LogP contribution in [0.5, 0.6) is 11.5 Å². The zero-order valence-electron chi connectivity index (χ0n) is 15.0. The van der Waals surface area contributed by atoms with E-state index in [1.807, 2.05) is 0 Å². The molecular weight excluding hydrogens is 350 g/mol. The van der Waals surface area contributed by atoms with Crippen LogP contribution in [0.2, 0.25) is 0 Å². The maximum atomic E-state index is 13.1. The van der Waals surface area contributed by atoms with Crippen molar-refractivity contribution in [3.05, 3.63) is 52.8 Å². The van der Waals surface area contributed by atoms with E-state index in [9.17, 15) is 4.79 Å². The van der Waals surface area contributed by atoms with Crippen LogP contribution in [-0.2, 0) is 11.3 Å². The number of ether oxygens (including phenoxy) is 3. The number of pyridine rings is 1. The van der Waals surface area contributed by atoms with E-state index in [0.29, 0.717) is 39.7 Å². The first-order valence-corrected chi connectivity index (χ1v) is 8.13. The molecule has 0 bridgehead atoms. The van der Waals surface area contributed by atoms with E-state index in [4.69, 9.17) is 14.2 Å². The number of aromatic nitrogens is 5. The highest BCUT2D eigenvalue weighted by Crippen LogP contribution is 2.27. The predicted octanol–water partition coefficient (Wildman–Crippen LogP) is 1.59. The molecule has 0 N–H and O–H groups in total. The molecule has 0 aliphatic carbocycles. The molecule has 9 heteroatoms. The Balaban J connectivity index is 1.96. The lowest BCUT2D eigenvalue weighted by atomic mass is 10.2. The van der Waals surface area contributed by atoms with Gasteiger partial charge in [0.1, 0.15) is 18.1 Å². The van der Waals surface area contributed by atoms with E-state index in [-0.39, 0.29) is 12.2 Å². The van der Waals surface area contributed by atoms with Crippen molar-refractivity contribution in [2.75, 3.05) is 21.3 Å². The molecule has 1 aromatic carbocycles. The average molecular weight is 367 g/mol. The lowest BCUT2D eigenvalue weighted by molar-refractivity contribution is 0.178. The second-order valence-corrected chi connectivity index (χ2v) is 5.76. The smallest absolute Gasteiger partial charge is 0.266 e. The van der Waals surface area contributed by atoms with Crippen molar-refractivity contribution >= 4 is 16.7 Å². The molecular formula is C18H17N5O4. The molecule has 3 aromatic heterocycles. The Morgan fingerprint density at radius 3 is 2.70 bits per heavy atom. The molecule has 0 radical (unpaired) electrons. The first-order valence-electron chi connectivity index (χ1n) is 8.13. The fraction of sp³-hybridized carbons (Fsp3) is 0.222. The van der Waals surface area contributed by atoms with Crippen molar-refractivity contribution in [2.45, 2.75) is 6.61 Å². The van der Waals surface area contributed by atoms with E-state index < -0.39 is 0 Å². The molecule has 3 heterocycles. The molecule has 4 aromatic rings. The minimum atomic E-state index is -0.253. The van der Waals surface area contributed by atoms with Crippen LogP contribution in [0.4, 0.5) is 0 Å². The summed E-state index contributed by atoms with van der Waals surface area (Å²) >= 11 is 0. The SMILES string of the molecule is COCc1nc2ncc3c(=O)n(-c4cc(OC)ccc4OC)ccc3n2n1. The van der Waals surface area contributed by atoms with E-state index in [0.717, 1.165) is 0 Å². The van der Waals surface area contributed by atoms with Gasteiger partial charge in [0.25, 0.3) is 11.3 Å². The highest BCUT2D eigenvalue weighted by molar-refractivity contribution is 5.79. The Morgan fingerprint density at radius 2 is 1.96 bits per heavy atom. The zero-order chi connectivity index (χ0) is 19.0. The van der Waals surface area contributed by atoms with Gasteiger partial charge in [0, 0.05) is 25.6 Å². The summed E-state index contributed by atoms with van der Waals surface area (Å²) in [7, 11) is 4.68. The maximum Gasteiger partial charge on any atom is 0.266 e. The zero-order valence-corrected chi connectivity index (χ0v) is 15.0. The van der Waals surface area contributed by atoms with Gasteiger partial charge in [0.2, 0.25) is 0 Å². The number of hydrogen-bond donors (Lipinski definition) is 0. The molecule has 0 unspecified atom stereocenters. The standard InChI is InChI=1S/C18H17N5O4/c1-25-10-16-20-18-19-9-12-13(23(18)21-16)6-7-22(17(12)24)14-8-11(26-2)4-5-15(14)27-3/h4-9H,10H2,1-3H3. The van der Waals surface area contributed by atoms with Crippen LogP contribution in [0.3, 0.4) is 0 Å². The van der Waals surface area contributed by atoms with E-state index in [1.165, 1.54) is 15.3 Å². The third kappa shape index (κ3) is 2.77. The second-order valence-electron chi connectivity index (χ2n) is 5.76. The van der Waals surface area contributed by atoms with E-state index in [1.54, 1.807) is 51.8 Å². The quantitative estimate of drug-likeness (QED) is 0.529. The van der Waals surface area contributed by atoms with Crippen molar-refractivity contribution in [3.63, 3.8) is 0 Å². The van der Waals surface area contributed by atoms with Crippen molar-refractivity contribution < 1.29 is 14.2 Å². The highest BCUT2D eigenvalue weighted by Gasteiger charge is 2.14. The topological polar surface area (TPSA) is 92.8 Å². The van der Waals surface area contributed by atoms with Gasteiger partial charge >= 0.3 is 0 Å². The van der Waals surface area contributed by atoms with Gasteiger partial charge in [-0.2, -0.15) is 9.50 Å². The molecule has 138 valence electrons. The Labute approximate surface area is 153 Å². The fourth-order valence-electron chi connectivity index (χ4n) is 2.93. The van der Waals surface area contributed by atoms with E-state index >= 15 is 0 Å². The summed E-state index contributed by atoms with van der Waals surface area (Å²) in [4.78, 5) is 21.6. The molecule has 0 spiro atoms. The predicted molar refractivity (Wildman–Crippen MR) is 97.7 cm³/mol. The molecule has 0 fully saturated rings. The lowest BCUT2D eigenvalue weighted by Gasteiger charge is -2.13. The monoisotopic (exact) mass is 367 g/mol. The van der Waals surface area contributed by atoms with Gasteiger partial charge in [0.05, 0.1) is 30.8 Å². The summed E-state index contributed by atoms with van der Waals surface area (Å²) < 4.78 is 18.8. The Kier molecular flexibility index (Phi) is 4.21. The summed E-state index contributed by atoms with van der Waals surface area (Å²) in [5.74, 6) is 2.07. The van der Waals surface area contributed by atoms with Gasteiger partial charge in [0.15, 0.2) is 5.82 Å². The summed E-state index contributed by atoms with van der Waals surface area (Å²) in [6.07, 6.45) is 3.17. The molecule has 27 heavy (non-hydrogen) atoms. The highest BCUT2D eigenvalue weighted by atomic mass is 16.5. The van der Waals surface area contributed by atoms with Crippen molar-refractivity contribution in [3.8, 4) is 17.2 Å². The minimum Gasteiger partial charge on any atom is -0.497 e. The van der Waals surface area contributed by atoms with Crippen LogP contribution in [-0.4, -0.2) is 45.5 Å². The number of methoxy groups -OCH3 is 3.